The lowest BCUT2D eigenvalue weighted by atomic mass is 10.0. The van der Waals surface area contributed by atoms with Gasteiger partial charge >= 0.3 is 0 Å². The molecule has 1 fully saturated rings. The van der Waals surface area contributed by atoms with E-state index < -0.39 is 0 Å². The van der Waals surface area contributed by atoms with Crippen molar-refractivity contribution in [3.05, 3.63) is 72.4 Å². The van der Waals surface area contributed by atoms with Gasteiger partial charge in [-0.3, -0.25) is 9.36 Å². The van der Waals surface area contributed by atoms with Gasteiger partial charge in [0.25, 0.3) is 5.91 Å². The van der Waals surface area contributed by atoms with Crippen LogP contribution in [0.4, 0.5) is 0 Å². The fourth-order valence-corrected chi connectivity index (χ4v) is 3.01. The van der Waals surface area contributed by atoms with E-state index in [1.165, 1.54) is 5.56 Å². The van der Waals surface area contributed by atoms with Gasteiger partial charge < -0.3 is 10.2 Å². The fourth-order valence-electron chi connectivity index (χ4n) is 3.01. The summed E-state index contributed by atoms with van der Waals surface area (Å²) in [7, 11) is 0. The van der Waals surface area contributed by atoms with E-state index in [1.807, 2.05) is 35.2 Å². The number of aromatic nitrogens is 4. The highest BCUT2D eigenvalue weighted by Crippen LogP contribution is 2.18. The Morgan fingerprint density at radius 2 is 1.84 bits per heavy atom. The number of rotatable bonds is 3. The standard InChI is InChI=1S/C18H18N6O/c25-18(15-7-4-8-17(22-15)24-12-20-21-13-24)23-10-9-19-16(11-23)14-5-2-1-3-6-14/h1-8,12-13,16,19H,9-11H2/t16-/m1/s1. The molecule has 0 unspecified atom stereocenters. The summed E-state index contributed by atoms with van der Waals surface area (Å²) in [5, 5.41) is 11.0. The molecule has 1 atom stereocenters. The molecule has 126 valence electrons. The Balaban J connectivity index is 1.53. The van der Waals surface area contributed by atoms with E-state index in [0.29, 0.717) is 24.6 Å². The molecular formula is C18H18N6O. The summed E-state index contributed by atoms with van der Waals surface area (Å²) >= 11 is 0. The van der Waals surface area contributed by atoms with E-state index in [1.54, 1.807) is 23.3 Å². The second-order valence-corrected chi connectivity index (χ2v) is 5.92. The summed E-state index contributed by atoms with van der Waals surface area (Å²) in [5.74, 6) is 0.572. The van der Waals surface area contributed by atoms with Gasteiger partial charge in [-0.2, -0.15) is 0 Å². The number of carbonyl (C=O) groups is 1. The van der Waals surface area contributed by atoms with Gasteiger partial charge in [-0.25, -0.2) is 4.98 Å². The minimum absolute atomic E-state index is 0.0580. The van der Waals surface area contributed by atoms with Gasteiger partial charge in [0.1, 0.15) is 24.2 Å². The predicted octanol–water partition coefficient (Wildman–Crippen LogP) is 1.45. The number of pyridine rings is 1. The molecule has 1 aromatic carbocycles. The smallest absolute Gasteiger partial charge is 0.272 e. The summed E-state index contributed by atoms with van der Waals surface area (Å²) in [6.45, 7) is 2.05. The molecular weight excluding hydrogens is 316 g/mol. The maximum Gasteiger partial charge on any atom is 0.272 e. The van der Waals surface area contributed by atoms with Crippen LogP contribution in [-0.4, -0.2) is 50.2 Å². The second kappa shape index (κ2) is 6.82. The molecule has 7 nitrogen and oxygen atoms in total. The lowest BCUT2D eigenvalue weighted by Gasteiger charge is -2.33. The topological polar surface area (TPSA) is 75.9 Å². The molecule has 1 aliphatic rings. The zero-order chi connectivity index (χ0) is 17.1. The number of carbonyl (C=O) groups excluding carboxylic acids is 1. The van der Waals surface area contributed by atoms with E-state index in [-0.39, 0.29) is 11.9 Å². The van der Waals surface area contributed by atoms with Crippen molar-refractivity contribution in [1.82, 2.24) is 30.0 Å². The number of hydrogen-bond acceptors (Lipinski definition) is 5. The first-order chi connectivity index (χ1) is 12.3. The molecule has 1 amide bonds. The highest BCUT2D eigenvalue weighted by atomic mass is 16.2. The van der Waals surface area contributed by atoms with Crippen LogP contribution in [0.15, 0.2) is 61.2 Å². The van der Waals surface area contributed by atoms with Crippen molar-refractivity contribution in [2.24, 2.45) is 0 Å². The van der Waals surface area contributed by atoms with Gasteiger partial charge in [0.15, 0.2) is 0 Å². The maximum atomic E-state index is 12.9. The molecule has 3 heterocycles. The minimum atomic E-state index is -0.0580. The van der Waals surface area contributed by atoms with Crippen LogP contribution >= 0.6 is 0 Å². The Labute approximate surface area is 145 Å². The van der Waals surface area contributed by atoms with Crippen molar-refractivity contribution < 1.29 is 4.79 Å². The molecule has 1 N–H and O–H groups in total. The Kier molecular flexibility index (Phi) is 4.22. The van der Waals surface area contributed by atoms with E-state index in [4.69, 9.17) is 0 Å². The van der Waals surface area contributed by atoms with Crippen LogP contribution in [0.5, 0.6) is 0 Å². The molecule has 1 saturated heterocycles. The van der Waals surface area contributed by atoms with Crippen LogP contribution in [0.2, 0.25) is 0 Å². The first kappa shape index (κ1) is 15.5. The van der Waals surface area contributed by atoms with E-state index >= 15 is 0 Å². The van der Waals surface area contributed by atoms with E-state index in [0.717, 1.165) is 6.54 Å². The first-order valence-electron chi connectivity index (χ1n) is 8.21. The summed E-state index contributed by atoms with van der Waals surface area (Å²) in [5.41, 5.74) is 1.62. The highest BCUT2D eigenvalue weighted by Gasteiger charge is 2.25. The third kappa shape index (κ3) is 3.27. The van der Waals surface area contributed by atoms with Crippen molar-refractivity contribution >= 4 is 5.91 Å². The highest BCUT2D eigenvalue weighted by molar-refractivity contribution is 5.92. The summed E-state index contributed by atoms with van der Waals surface area (Å²) in [4.78, 5) is 19.2. The van der Waals surface area contributed by atoms with Gasteiger partial charge in [0.05, 0.1) is 0 Å². The lowest BCUT2D eigenvalue weighted by molar-refractivity contribution is 0.0697. The van der Waals surface area contributed by atoms with Crippen molar-refractivity contribution in [2.45, 2.75) is 6.04 Å². The van der Waals surface area contributed by atoms with E-state index in [2.05, 4.69) is 32.6 Å². The predicted molar refractivity (Wildman–Crippen MR) is 92.2 cm³/mol. The zero-order valence-electron chi connectivity index (χ0n) is 13.6. The Bertz CT molecular complexity index is 849. The van der Waals surface area contributed by atoms with Crippen LogP contribution in [-0.2, 0) is 0 Å². The Morgan fingerprint density at radius 3 is 2.64 bits per heavy atom. The van der Waals surface area contributed by atoms with Gasteiger partial charge in [-0.15, -0.1) is 10.2 Å². The number of piperazine rings is 1. The summed E-state index contributed by atoms with van der Waals surface area (Å²) in [6.07, 6.45) is 3.12. The van der Waals surface area contributed by atoms with Gasteiger partial charge in [-0.1, -0.05) is 36.4 Å². The molecule has 0 aliphatic carbocycles. The number of amides is 1. The zero-order valence-corrected chi connectivity index (χ0v) is 13.6. The van der Waals surface area contributed by atoms with Crippen LogP contribution in [0.3, 0.4) is 0 Å². The SMILES string of the molecule is O=C(c1cccc(-n2cnnc2)n1)N1CCN[C@@H](c2ccccc2)C1. The Morgan fingerprint density at radius 1 is 1.04 bits per heavy atom. The lowest BCUT2D eigenvalue weighted by Crippen LogP contribution is -2.48. The average Bonchev–Trinajstić information content (AvgIpc) is 3.23. The normalized spacial score (nSPS) is 17.4. The minimum Gasteiger partial charge on any atom is -0.334 e. The van der Waals surface area contributed by atoms with Crippen molar-refractivity contribution in [1.29, 1.82) is 0 Å². The molecule has 3 aromatic rings. The van der Waals surface area contributed by atoms with Gasteiger partial charge in [0.2, 0.25) is 0 Å². The number of nitrogens with zero attached hydrogens (tertiary/aromatic N) is 5. The third-order valence-electron chi connectivity index (χ3n) is 4.30. The van der Waals surface area contributed by atoms with Gasteiger partial charge in [0, 0.05) is 25.7 Å². The summed E-state index contributed by atoms with van der Waals surface area (Å²) in [6, 6.07) is 15.7. The quantitative estimate of drug-likeness (QED) is 0.784. The van der Waals surface area contributed by atoms with Crippen molar-refractivity contribution in [2.75, 3.05) is 19.6 Å². The third-order valence-corrected chi connectivity index (χ3v) is 4.30. The molecule has 1 aliphatic heterocycles. The van der Waals surface area contributed by atoms with Crippen LogP contribution in [0, 0.1) is 0 Å². The molecule has 0 spiro atoms. The largest absolute Gasteiger partial charge is 0.334 e. The van der Waals surface area contributed by atoms with E-state index in [9.17, 15) is 4.79 Å². The molecule has 2 aromatic heterocycles. The molecule has 0 radical (unpaired) electrons. The molecule has 7 heteroatoms. The van der Waals surface area contributed by atoms with Crippen molar-refractivity contribution in [3.63, 3.8) is 0 Å². The molecule has 0 bridgehead atoms. The average molecular weight is 334 g/mol. The van der Waals surface area contributed by atoms with Crippen molar-refractivity contribution in [3.8, 4) is 5.82 Å². The molecule has 25 heavy (non-hydrogen) atoms. The van der Waals surface area contributed by atoms with Crippen LogP contribution in [0.1, 0.15) is 22.1 Å². The van der Waals surface area contributed by atoms with Crippen LogP contribution in [0.25, 0.3) is 5.82 Å². The number of benzene rings is 1. The first-order valence-corrected chi connectivity index (χ1v) is 8.21. The summed E-state index contributed by atoms with van der Waals surface area (Å²) < 4.78 is 1.68. The van der Waals surface area contributed by atoms with Crippen LogP contribution < -0.4 is 5.32 Å². The van der Waals surface area contributed by atoms with Gasteiger partial charge in [-0.05, 0) is 17.7 Å². The second-order valence-electron chi connectivity index (χ2n) is 5.92. The Hall–Kier alpha value is -3.06. The maximum absolute atomic E-state index is 12.9. The number of nitrogens with one attached hydrogen (secondary N) is 1. The molecule has 0 saturated carbocycles. The fraction of sp³-hybridized carbons (Fsp3) is 0.222. The molecule has 4 rings (SSSR count). The monoisotopic (exact) mass is 334 g/mol. The number of hydrogen-bond donors (Lipinski definition) is 1.